The zero-order valence-electron chi connectivity index (χ0n) is 13.6. The number of benzene rings is 1. The van der Waals surface area contributed by atoms with Gasteiger partial charge in [0.15, 0.2) is 11.6 Å². The number of aliphatic hydroxyl groups excluding tert-OH is 1. The van der Waals surface area contributed by atoms with E-state index in [-0.39, 0.29) is 16.6 Å². The smallest absolute Gasteiger partial charge is 0.241 e. The SMILES string of the molecule is COc1ccc(S(=O)(=O)N[C@@H](c2ccccn2)C2CC(O)C2)cc1F. The summed E-state index contributed by atoms with van der Waals surface area (Å²) in [6, 6.07) is 8.13. The summed E-state index contributed by atoms with van der Waals surface area (Å²) >= 11 is 0. The van der Waals surface area contributed by atoms with Crippen molar-refractivity contribution in [3.8, 4) is 5.75 Å². The quantitative estimate of drug-likeness (QED) is 0.817. The van der Waals surface area contributed by atoms with Crippen molar-refractivity contribution in [1.82, 2.24) is 9.71 Å². The molecule has 1 heterocycles. The first kappa shape index (κ1) is 17.8. The molecule has 0 spiro atoms. The molecule has 0 aliphatic heterocycles. The van der Waals surface area contributed by atoms with Crippen LogP contribution in [0, 0.1) is 11.7 Å². The van der Waals surface area contributed by atoms with Gasteiger partial charge in [0.05, 0.1) is 29.8 Å². The Labute approximate surface area is 145 Å². The highest BCUT2D eigenvalue weighted by atomic mass is 32.2. The van der Waals surface area contributed by atoms with Gasteiger partial charge in [0.25, 0.3) is 0 Å². The summed E-state index contributed by atoms with van der Waals surface area (Å²) < 4.78 is 46.7. The van der Waals surface area contributed by atoms with Gasteiger partial charge < -0.3 is 9.84 Å². The highest BCUT2D eigenvalue weighted by Gasteiger charge is 2.38. The standard InChI is InChI=1S/C17H19FN2O4S/c1-24-16-6-5-13(10-14(16)18)25(22,23)20-17(11-8-12(21)9-11)15-4-2-3-7-19-15/h2-7,10-12,17,20-21H,8-9H2,1H3/t11?,12?,17-/m1/s1. The van der Waals surface area contributed by atoms with Crippen LogP contribution in [0.2, 0.25) is 0 Å². The molecule has 8 heteroatoms. The number of aromatic nitrogens is 1. The van der Waals surface area contributed by atoms with Crippen LogP contribution in [-0.4, -0.2) is 31.7 Å². The number of nitrogens with one attached hydrogen (secondary N) is 1. The van der Waals surface area contributed by atoms with Crippen LogP contribution in [0.3, 0.4) is 0 Å². The maximum Gasteiger partial charge on any atom is 0.241 e. The third-order valence-electron chi connectivity index (χ3n) is 4.34. The first-order valence-corrected chi connectivity index (χ1v) is 9.34. The van der Waals surface area contributed by atoms with E-state index in [2.05, 4.69) is 9.71 Å². The van der Waals surface area contributed by atoms with Gasteiger partial charge in [-0.1, -0.05) is 6.07 Å². The molecule has 2 N–H and O–H groups in total. The maximum absolute atomic E-state index is 13.9. The Kier molecular flexibility index (Phi) is 5.03. The fraction of sp³-hybridized carbons (Fsp3) is 0.353. The molecule has 3 rings (SSSR count). The third kappa shape index (κ3) is 3.81. The van der Waals surface area contributed by atoms with Crippen molar-refractivity contribution in [1.29, 1.82) is 0 Å². The number of hydrogen-bond donors (Lipinski definition) is 2. The van der Waals surface area contributed by atoms with Crippen LogP contribution >= 0.6 is 0 Å². The van der Waals surface area contributed by atoms with Gasteiger partial charge in [-0.15, -0.1) is 0 Å². The monoisotopic (exact) mass is 366 g/mol. The van der Waals surface area contributed by atoms with Crippen molar-refractivity contribution in [2.75, 3.05) is 7.11 Å². The Balaban J connectivity index is 1.89. The lowest BCUT2D eigenvalue weighted by Crippen LogP contribution is -2.41. The number of nitrogens with zero attached hydrogens (tertiary/aromatic N) is 1. The average Bonchev–Trinajstić information content (AvgIpc) is 2.58. The molecule has 1 aliphatic carbocycles. The predicted octanol–water partition coefficient (Wildman–Crippen LogP) is 2.02. The van der Waals surface area contributed by atoms with Gasteiger partial charge in [-0.05, 0) is 49.1 Å². The van der Waals surface area contributed by atoms with Gasteiger partial charge in [-0.2, -0.15) is 0 Å². The zero-order chi connectivity index (χ0) is 18.0. The van der Waals surface area contributed by atoms with E-state index in [1.54, 1.807) is 24.4 Å². The van der Waals surface area contributed by atoms with Gasteiger partial charge in [0.1, 0.15) is 0 Å². The number of aliphatic hydroxyl groups is 1. The van der Waals surface area contributed by atoms with Crippen molar-refractivity contribution in [2.45, 2.75) is 29.9 Å². The van der Waals surface area contributed by atoms with Crippen molar-refractivity contribution in [3.63, 3.8) is 0 Å². The molecule has 0 amide bonds. The second-order valence-corrected chi connectivity index (χ2v) is 7.75. The van der Waals surface area contributed by atoms with E-state index >= 15 is 0 Å². The van der Waals surface area contributed by atoms with Crippen LogP contribution in [0.1, 0.15) is 24.6 Å². The summed E-state index contributed by atoms with van der Waals surface area (Å²) in [5, 5.41) is 9.56. The minimum atomic E-state index is -3.96. The summed E-state index contributed by atoms with van der Waals surface area (Å²) in [6.45, 7) is 0. The molecule has 1 aromatic heterocycles. The molecule has 0 radical (unpaired) electrons. The summed E-state index contributed by atoms with van der Waals surface area (Å²) in [5.74, 6) is -0.844. The Morgan fingerprint density at radius 1 is 1.32 bits per heavy atom. The number of pyridine rings is 1. The van der Waals surface area contributed by atoms with Gasteiger partial charge in [-0.25, -0.2) is 17.5 Å². The number of methoxy groups -OCH3 is 1. The molecule has 25 heavy (non-hydrogen) atoms. The molecule has 0 unspecified atom stereocenters. The van der Waals surface area contributed by atoms with E-state index in [0.717, 1.165) is 6.07 Å². The summed E-state index contributed by atoms with van der Waals surface area (Å²) in [7, 11) is -2.65. The van der Waals surface area contributed by atoms with Crippen LogP contribution in [0.4, 0.5) is 4.39 Å². The van der Waals surface area contributed by atoms with Crippen molar-refractivity contribution in [3.05, 3.63) is 54.1 Å². The van der Waals surface area contributed by atoms with E-state index in [0.29, 0.717) is 18.5 Å². The fourth-order valence-corrected chi connectivity index (χ4v) is 4.20. The van der Waals surface area contributed by atoms with E-state index in [9.17, 15) is 17.9 Å². The highest BCUT2D eigenvalue weighted by Crippen LogP contribution is 2.38. The summed E-state index contributed by atoms with van der Waals surface area (Å²) in [5.41, 5.74) is 0.567. The van der Waals surface area contributed by atoms with Gasteiger partial charge >= 0.3 is 0 Å². The van der Waals surface area contributed by atoms with Crippen LogP contribution in [-0.2, 0) is 10.0 Å². The molecule has 0 bridgehead atoms. The fourth-order valence-electron chi connectivity index (χ4n) is 2.91. The average molecular weight is 366 g/mol. The Hall–Kier alpha value is -2.03. The van der Waals surface area contributed by atoms with E-state index < -0.39 is 28.0 Å². The third-order valence-corrected chi connectivity index (χ3v) is 5.78. The van der Waals surface area contributed by atoms with Crippen molar-refractivity contribution < 1.29 is 22.7 Å². The Morgan fingerprint density at radius 3 is 2.64 bits per heavy atom. The van der Waals surface area contributed by atoms with Crippen LogP contribution in [0.5, 0.6) is 5.75 Å². The van der Waals surface area contributed by atoms with Crippen molar-refractivity contribution >= 4 is 10.0 Å². The second kappa shape index (κ2) is 7.07. The van der Waals surface area contributed by atoms with Gasteiger partial charge in [-0.3, -0.25) is 4.98 Å². The largest absolute Gasteiger partial charge is 0.494 e. The molecular formula is C17H19FN2O4S. The molecule has 0 saturated heterocycles. The molecule has 1 saturated carbocycles. The maximum atomic E-state index is 13.9. The molecule has 1 aromatic carbocycles. The molecule has 1 fully saturated rings. The number of ether oxygens (including phenoxy) is 1. The van der Waals surface area contributed by atoms with E-state index in [1.165, 1.54) is 19.2 Å². The number of hydrogen-bond acceptors (Lipinski definition) is 5. The molecular weight excluding hydrogens is 347 g/mol. The Bertz CT molecular complexity index is 839. The second-order valence-electron chi connectivity index (χ2n) is 6.04. The lowest BCUT2D eigenvalue weighted by atomic mass is 9.76. The minimum absolute atomic E-state index is 0.0256. The first-order chi connectivity index (χ1) is 11.9. The first-order valence-electron chi connectivity index (χ1n) is 7.85. The van der Waals surface area contributed by atoms with Crippen LogP contribution in [0.15, 0.2) is 47.5 Å². The topological polar surface area (TPSA) is 88.5 Å². The Morgan fingerprint density at radius 2 is 2.08 bits per heavy atom. The summed E-state index contributed by atoms with van der Waals surface area (Å²) in [6.07, 6.45) is 2.12. The number of halogens is 1. The van der Waals surface area contributed by atoms with Crippen molar-refractivity contribution in [2.24, 2.45) is 5.92 Å². The zero-order valence-corrected chi connectivity index (χ0v) is 14.4. The number of sulfonamides is 1. The number of rotatable bonds is 6. The van der Waals surface area contributed by atoms with Crippen LogP contribution in [0.25, 0.3) is 0 Å². The van der Waals surface area contributed by atoms with E-state index in [4.69, 9.17) is 4.74 Å². The molecule has 2 aromatic rings. The summed E-state index contributed by atoms with van der Waals surface area (Å²) in [4.78, 5) is 4.04. The molecule has 134 valence electrons. The lowest BCUT2D eigenvalue weighted by molar-refractivity contribution is 0.0273. The normalized spacial score (nSPS) is 21.4. The molecule has 1 atom stereocenters. The van der Waals surface area contributed by atoms with Crippen LogP contribution < -0.4 is 9.46 Å². The van der Waals surface area contributed by atoms with E-state index in [1.807, 2.05) is 0 Å². The molecule has 1 aliphatic rings. The predicted molar refractivity (Wildman–Crippen MR) is 89.0 cm³/mol. The highest BCUT2D eigenvalue weighted by molar-refractivity contribution is 7.89. The van der Waals surface area contributed by atoms with Gasteiger partial charge in [0, 0.05) is 6.20 Å². The molecule has 6 nitrogen and oxygen atoms in total. The van der Waals surface area contributed by atoms with Gasteiger partial charge in [0.2, 0.25) is 10.0 Å². The minimum Gasteiger partial charge on any atom is -0.494 e. The lowest BCUT2D eigenvalue weighted by Gasteiger charge is -2.37.